The molecule has 0 amide bonds. The van der Waals surface area contributed by atoms with Crippen molar-refractivity contribution < 1.29 is 4.74 Å². The average Bonchev–Trinajstić information content (AvgIpc) is 2.66. The number of halogens is 1. The number of nitrogens with zero attached hydrogens (tertiary/aromatic N) is 5. The topological polar surface area (TPSA) is 56.1 Å². The van der Waals surface area contributed by atoms with Gasteiger partial charge >= 0.3 is 0 Å². The van der Waals surface area contributed by atoms with Crippen LogP contribution >= 0.6 is 15.9 Å². The van der Waals surface area contributed by atoms with Crippen LogP contribution in [0.5, 0.6) is 0 Å². The van der Waals surface area contributed by atoms with Gasteiger partial charge in [0.15, 0.2) is 5.82 Å². The van der Waals surface area contributed by atoms with Gasteiger partial charge in [0.05, 0.1) is 22.0 Å². The largest absolute Gasteiger partial charge is 0.378 e. The monoisotopic (exact) mass is 337 g/mol. The summed E-state index contributed by atoms with van der Waals surface area (Å²) in [4.78, 5) is 10.8. The molecular formula is C13H16BrN5O. The van der Waals surface area contributed by atoms with E-state index in [1.165, 1.54) is 0 Å². The second-order valence-corrected chi connectivity index (χ2v) is 5.69. The van der Waals surface area contributed by atoms with Crippen LogP contribution in [-0.2, 0) is 4.74 Å². The normalized spacial score (nSPS) is 15.5. The maximum absolute atomic E-state index is 5.28. The number of methoxy groups -OCH3 is 1. The Balaban J connectivity index is 1.90. The lowest BCUT2D eigenvalue weighted by atomic mass is 10.2. The molecule has 1 saturated heterocycles. The van der Waals surface area contributed by atoms with Crippen molar-refractivity contribution in [3.8, 4) is 5.82 Å². The van der Waals surface area contributed by atoms with E-state index in [2.05, 4.69) is 35.9 Å². The van der Waals surface area contributed by atoms with Crippen LogP contribution in [-0.4, -0.2) is 46.1 Å². The van der Waals surface area contributed by atoms with Crippen LogP contribution in [0.4, 0.5) is 5.82 Å². The molecule has 2 aromatic rings. The predicted octanol–water partition coefficient (Wildman–Crippen LogP) is 1.88. The Kier molecular flexibility index (Phi) is 3.47. The number of anilines is 1. The van der Waals surface area contributed by atoms with E-state index in [1.54, 1.807) is 13.4 Å². The first-order valence-corrected chi connectivity index (χ1v) is 7.21. The van der Waals surface area contributed by atoms with Gasteiger partial charge in [0.2, 0.25) is 0 Å². The van der Waals surface area contributed by atoms with Crippen LogP contribution in [0, 0.1) is 13.8 Å². The Labute approximate surface area is 125 Å². The number of rotatable bonds is 3. The Morgan fingerprint density at radius 2 is 1.95 bits per heavy atom. The zero-order valence-electron chi connectivity index (χ0n) is 11.7. The number of hydrogen-bond acceptors (Lipinski definition) is 5. The van der Waals surface area contributed by atoms with E-state index in [0.29, 0.717) is 6.10 Å². The molecule has 0 unspecified atom stereocenters. The Morgan fingerprint density at radius 1 is 1.25 bits per heavy atom. The number of hydrogen-bond donors (Lipinski definition) is 0. The van der Waals surface area contributed by atoms with Crippen molar-refractivity contribution in [2.45, 2.75) is 20.0 Å². The second kappa shape index (κ2) is 5.14. The van der Waals surface area contributed by atoms with Gasteiger partial charge in [-0.25, -0.2) is 14.6 Å². The standard InChI is InChI=1S/C13H16BrN5O/c1-8-13(14)9(2)19(17-8)12-4-11(15-7-16-12)18-5-10(6-18)20-3/h4,7,10H,5-6H2,1-3H3. The summed E-state index contributed by atoms with van der Waals surface area (Å²) in [6, 6.07) is 1.96. The lowest BCUT2D eigenvalue weighted by Gasteiger charge is -2.38. The smallest absolute Gasteiger partial charge is 0.159 e. The second-order valence-electron chi connectivity index (χ2n) is 4.89. The highest BCUT2D eigenvalue weighted by atomic mass is 79.9. The molecule has 1 aliphatic heterocycles. The molecule has 106 valence electrons. The van der Waals surface area contributed by atoms with E-state index < -0.39 is 0 Å². The van der Waals surface area contributed by atoms with Crippen molar-refractivity contribution in [2.75, 3.05) is 25.1 Å². The minimum absolute atomic E-state index is 0.302. The summed E-state index contributed by atoms with van der Waals surface area (Å²) in [5, 5.41) is 4.49. The maximum Gasteiger partial charge on any atom is 0.159 e. The van der Waals surface area contributed by atoms with Gasteiger partial charge < -0.3 is 9.64 Å². The molecule has 0 aliphatic carbocycles. The fraction of sp³-hybridized carbons (Fsp3) is 0.462. The lowest BCUT2D eigenvalue weighted by molar-refractivity contribution is 0.0783. The first-order valence-electron chi connectivity index (χ1n) is 6.42. The van der Waals surface area contributed by atoms with Crippen molar-refractivity contribution in [1.29, 1.82) is 0 Å². The molecule has 0 saturated carbocycles. The van der Waals surface area contributed by atoms with Gasteiger partial charge in [-0.05, 0) is 29.8 Å². The highest BCUT2D eigenvalue weighted by Crippen LogP contribution is 2.25. The number of ether oxygens (including phenoxy) is 1. The molecular weight excluding hydrogens is 322 g/mol. The van der Waals surface area contributed by atoms with E-state index >= 15 is 0 Å². The molecule has 0 N–H and O–H groups in total. The van der Waals surface area contributed by atoms with Crippen molar-refractivity contribution in [3.05, 3.63) is 28.3 Å². The van der Waals surface area contributed by atoms with Crippen molar-refractivity contribution in [1.82, 2.24) is 19.7 Å². The summed E-state index contributed by atoms with van der Waals surface area (Å²) in [6.45, 7) is 5.71. The molecule has 7 heteroatoms. The summed E-state index contributed by atoms with van der Waals surface area (Å²) in [7, 11) is 1.74. The van der Waals surface area contributed by atoms with Gasteiger partial charge in [0.1, 0.15) is 12.1 Å². The third-order valence-electron chi connectivity index (χ3n) is 3.56. The predicted molar refractivity (Wildman–Crippen MR) is 79.3 cm³/mol. The minimum Gasteiger partial charge on any atom is -0.378 e. The zero-order chi connectivity index (χ0) is 14.3. The molecule has 6 nitrogen and oxygen atoms in total. The molecule has 0 aromatic carbocycles. The summed E-state index contributed by atoms with van der Waals surface area (Å²) in [5.41, 5.74) is 1.98. The molecule has 1 aliphatic rings. The van der Waals surface area contributed by atoms with Crippen LogP contribution in [0.2, 0.25) is 0 Å². The summed E-state index contributed by atoms with van der Waals surface area (Å²) in [6.07, 6.45) is 1.88. The molecule has 3 heterocycles. The number of aromatic nitrogens is 4. The van der Waals surface area contributed by atoms with Crippen LogP contribution in [0.1, 0.15) is 11.4 Å². The fourth-order valence-electron chi connectivity index (χ4n) is 2.25. The van der Waals surface area contributed by atoms with E-state index in [4.69, 9.17) is 4.74 Å². The van der Waals surface area contributed by atoms with Crippen molar-refractivity contribution in [2.24, 2.45) is 0 Å². The summed E-state index contributed by atoms with van der Waals surface area (Å²) in [5.74, 6) is 1.69. The van der Waals surface area contributed by atoms with Gasteiger partial charge in [-0.2, -0.15) is 5.10 Å². The van der Waals surface area contributed by atoms with Crippen LogP contribution in [0.15, 0.2) is 16.9 Å². The highest BCUT2D eigenvalue weighted by Gasteiger charge is 2.27. The van der Waals surface area contributed by atoms with E-state index in [-0.39, 0.29) is 0 Å². The summed E-state index contributed by atoms with van der Waals surface area (Å²) >= 11 is 3.53. The zero-order valence-corrected chi connectivity index (χ0v) is 13.3. The maximum atomic E-state index is 5.28. The van der Waals surface area contributed by atoms with E-state index in [9.17, 15) is 0 Å². The highest BCUT2D eigenvalue weighted by molar-refractivity contribution is 9.10. The van der Waals surface area contributed by atoms with Crippen LogP contribution in [0.25, 0.3) is 5.82 Å². The SMILES string of the molecule is COC1CN(c2cc(-n3nc(C)c(Br)c3C)ncn2)C1. The van der Waals surface area contributed by atoms with Crippen molar-refractivity contribution >= 4 is 21.7 Å². The molecule has 0 radical (unpaired) electrons. The van der Waals surface area contributed by atoms with Gasteiger partial charge in [-0.15, -0.1) is 0 Å². The molecule has 0 spiro atoms. The fourth-order valence-corrected chi connectivity index (χ4v) is 2.49. The van der Waals surface area contributed by atoms with E-state index in [1.807, 2.05) is 24.6 Å². The number of aryl methyl sites for hydroxylation is 1. The third-order valence-corrected chi connectivity index (χ3v) is 4.71. The first-order chi connectivity index (χ1) is 9.60. The average molecular weight is 338 g/mol. The first kappa shape index (κ1) is 13.5. The minimum atomic E-state index is 0.302. The quantitative estimate of drug-likeness (QED) is 0.855. The third kappa shape index (κ3) is 2.20. The Bertz CT molecular complexity index is 636. The molecule has 1 fully saturated rings. The van der Waals surface area contributed by atoms with Gasteiger partial charge in [0, 0.05) is 26.3 Å². The van der Waals surface area contributed by atoms with Gasteiger partial charge in [-0.3, -0.25) is 0 Å². The van der Waals surface area contributed by atoms with Crippen LogP contribution in [0.3, 0.4) is 0 Å². The molecule has 0 bridgehead atoms. The van der Waals surface area contributed by atoms with E-state index in [0.717, 1.165) is 40.6 Å². The molecule has 0 atom stereocenters. The van der Waals surface area contributed by atoms with Gasteiger partial charge in [-0.1, -0.05) is 0 Å². The lowest BCUT2D eigenvalue weighted by Crippen LogP contribution is -2.52. The molecule has 3 rings (SSSR count). The van der Waals surface area contributed by atoms with Crippen molar-refractivity contribution in [3.63, 3.8) is 0 Å². The van der Waals surface area contributed by atoms with Crippen LogP contribution < -0.4 is 4.90 Å². The molecule has 20 heavy (non-hydrogen) atoms. The Hall–Kier alpha value is -1.47. The van der Waals surface area contributed by atoms with Gasteiger partial charge in [0.25, 0.3) is 0 Å². The Morgan fingerprint density at radius 3 is 2.55 bits per heavy atom. The summed E-state index contributed by atoms with van der Waals surface area (Å²) < 4.78 is 8.13. The molecule has 2 aromatic heterocycles.